The Morgan fingerprint density at radius 3 is 2.46 bits per heavy atom. The zero-order valence-electron chi connectivity index (χ0n) is 14.7. The van der Waals surface area contributed by atoms with Gasteiger partial charge in [0, 0.05) is 6.42 Å². The van der Waals surface area contributed by atoms with Gasteiger partial charge in [0.15, 0.2) is 0 Å². The number of imide groups is 1. The molecule has 1 aliphatic heterocycles. The first kappa shape index (κ1) is 18.5. The van der Waals surface area contributed by atoms with Crippen molar-refractivity contribution in [2.75, 3.05) is 6.61 Å². The van der Waals surface area contributed by atoms with Gasteiger partial charge in [0.25, 0.3) is 0 Å². The van der Waals surface area contributed by atoms with Crippen LogP contribution in [0.3, 0.4) is 0 Å². The zero-order chi connectivity index (χ0) is 17.2. The Morgan fingerprint density at radius 2 is 1.75 bits per heavy atom. The maximum atomic E-state index is 12.4. The van der Waals surface area contributed by atoms with Crippen molar-refractivity contribution in [3.8, 4) is 0 Å². The number of cyclic esters (lactones) is 1. The molecule has 1 heterocycles. The molecule has 0 unspecified atom stereocenters. The minimum Gasteiger partial charge on any atom is -0.447 e. The molecule has 2 rings (SSSR count). The second kappa shape index (κ2) is 10.1. The summed E-state index contributed by atoms with van der Waals surface area (Å²) in [5.74, 6) is -0.0908. The molecule has 0 radical (unpaired) electrons. The minimum atomic E-state index is -0.483. The van der Waals surface area contributed by atoms with E-state index in [0.29, 0.717) is 19.4 Å². The van der Waals surface area contributed by atoms with Crippen LogP contribution in [0.1, 0.15) is 63.9 Å². The Morgan fingerprint density at radius 1 is 1.08 bits per heavy atom. The number of rotatable bonds is 10. The van der Waals surface area contributed by atoms with Crippen LogP contribution in [-0.2, 0) is 16.0 Å². The molecule has 1 saturated heterocycles. The highest BCUT2D eigenvalue weighted by molar-refractivity contribution is 5.93. The average Bonchev–Trinajstić information content (AvgIpc) is 2.95. The summed E-state index contributed by atoms with van der Waals surface area (Å²) in [6.45, 7) is 2.51. The largest absolute Gasteiger partial charge is 0.447 e. The lowest BCUT2D eigenvalue weighted by Gasteiger charge is -2.19. The third-order valence-electron chi connectivity index (χ3n) is 4.54. The third-order valence-corrected chi connectivity index (χ3v) is 4.54. The van der Waals surface area contributed by atoms with Crippen molar-refractivity contribution in [1.29, 1.82) is 0 Å². The Hall–Kier alpha value is -1.84. The second-order valence-electron chi connectivity index (χ2n) is 6.56. The second-order valence-corrected chi connectivity index (χ2v) is 6.56. The van der Waals surface area contributed by atoms with Gasteiger partial charge in [-0.1, -0.05) is 75.8 Å². The van der Waals surface area contributed by atoms with E-state index in [1.54, 1.807) is 0 Å². The summed E-state index contributed by atoms with van der Waals surface area (Å²) in [5.41, 5.74) is 1.12. The summed E-state index contributed by atoms with van der Waals surface area (Å²) in [4.78, 5) is 25.7. The van der Waals surface area contributed by atoms with Gasteiger partial charge in [-0.3, -0.25) is 4.79 Å². The summed E-state index contributed by atoms with van der Waals surface area (Å²) >= 11 is 0. The summed E-state index contributed by atoms with van der Waals surface area (Å²) in [7, 11) is 0. The molecule has 4 nitrogen and oxygen atoms in total. The number of unbranched alkanes of at least 4 members (excludes halogenated alkanes) is 6. The van der Waals surface area contributed by atoms with Crippen molar-refractivity contribution in [2.24, 2.45) is 0 Å². The molecule has 1 aromatic rings. The van der Waals surface area contributed by atoms with Crippen LogP contribution >= 0.6 is 0 Å². The highest BCUT2D eigenvalue weighted by Gasteiger charge is 2.37. The number of hydrogen-bond acceptors (Lipinski definition) is 3. The fourth-order valence-electron chi connectivity index (χ4n) is 3.16. The summed E-state index contributed by atoms with van der Waals surface area (Å²) in [6.07, 6.45) is 8.76. The van der Waals surface area contributed by atoms with Crippen molar-refractivity contribution in [1.82, 2.24) is 4.90 Å². The first-order valence-electron chi connectivity index (χ1n) is 9.25. The predicted molar refractivity (Wildman–Crippen MR) is 94.7 cm³/mol. The summed E-state index contributed by atoms with van der Waals surface area (Å²) < 4.78 is 5.11. The SMILES string of the molecule is CCCCCCCCCC(=O)N1C(=O)OC[C@H]1Cc1ccccc1. The van der Waals surface area contributed by atoms with E-state index in [2.05, 4.69) is 6.92 Å². The molecule has 1 atom stereocenters. The average molecular weight is 331 g/mol. The van der Waals surface area contributed by atoms with Crippen molar-refractivity contribution in [3.05, 3.63) is 35.9 Å². The Labute approximate surface area is 145 Å². The molecule has 1 fully saturated rings. The molecule has 0 N–H and O–H groups in total. The normalized spacial score (nSPS) is 17.1. The Bertz CT molecular complexity index is 515. The monoisotopic (exact) mass is 331 g/mol. The number of benzene rings is 1. The maximum absolute atomic E-state index is 12.4. The summed E-state index contributed by atoms with van der Waals surface area (Å²) in [5, 5.41) is 0. The quantitative estimate of drug-likeness (QED) is 0.583. The molecule has 24 heavy (non-hydrogen) atoms. The van der Waals surface area contributed by atoms with Crippen LogP contribution in [0.2, 0.25) is 0 Å². The number of nitrogens with zero attached hydrogens (tertiary/aromatic N) is 1. The smallest absolute Gasteiger partial charge is 0.416 e. The molecule has 0 saturated carbocycles. The predicted octanol–water partition coefficient (Wildman–Crippen LogP) is 4.72. The summed E-state index contributed by atoms with van der Waals surface area (Å²) in [6, 6.07) is 9.76. The van der Waals surface area contributed by atoms with E-state index in [1.807, 2.05) is 30.3 Å². The van der Waals surface area contributed by atoms with Crippen molar-refractivity contribution in [2.45, 2.75) is 70.8 Å². The first-order chi connectivity index (χ1) is 11.7. The zero-order valence-corrected chi connectivity index (χ0v) is 14.7. The third kappa shape index (κ3) is 5.66. The van der Waals surface area contributed by atoms with Gasteiger partial charge in [0.1, 0.15) is 6.61 Å². The number of carbonyl (C=O) groups is 2. The van der Waals surface area contributed by atoms with E-state index in [4.69, 9.17) is 4.74 Å². The van der Waals surface area contributed by atoms with Gasteiger partial charge in [-0.2, -0.15) is 0 Å². The molecule has 2 amide bonds. The van der Waals surface area contributed by atoms with Gasteiger partial charge in [-0.15, -0.1) is 0 Å². The molecule has 0 bridgehead atoms. The van der Waals surface area contributed by atoms with Gasteiger partial charge >= 0.3 is 6.09 Å². The molecule has 0 aliphatic carbocycles. The van der Waals surface area contributed by atoms with Gasteiger partial charge in [0.2, 0.25) is 5.91 Å². The lowest BCUT2D eigenvalue weighted by atomic mass is 10.0. The number of amides is 2. The lowest BCUT2D eigenvalue weighted by Crippen LogP contribution is -2.40. The molecular formula is C20H29NO3. The van der Waals surface area contributed by atoms with E-state index < -0.39 is 6.09 Å². The van der Waals surface area contributed by atoms with Crippen LogP contribution in [0, 0.1) is 0 Å². The Balaban J connectivity index is 1.75. The van der Waals surface area contributed by atoms with E-state index in [-0.39, 0.29) is 11.9 Å². The van der Waals surface area contributed by atoms with Gasteiger partial charge in [-0.05, 0) is 18.4 Å². The molecule has 1 aromatic carbocycles. The van der Waals surface area contributed by atoms with Crippen LogP contribution in [0.25, 0.3) is 0 Å². The van der Waals surface area contributed by atoms with Crippen molar-refractivity contribution >= 4 is 12.0 Å². The molecule has 132 valence electrons. The number of hydrogen-bond donors (Lipinski definition) is 0. The van der Waals surface area contributed by atoms with Crippen molar-refractivity contribution < 1.29 is 14.3 Å². The standard InChI is InChI=1S/C20H29NO3/c1-2-3-4-5-6-7-11-14-19(22)21-18(16-24-20(21)23)15-17-12-9-8-10-13-17/h8-10,12-13,18H,2-7,11,14-16H2,1H3/t18-/m1/s1. The highest BCUT2D eigenvalue weighted by Crippen LogP contribution is 2.19. The van der Waals surface area contributed by atoms with Gasteiger partial charge < -0.3 is 4.74 Å². The van der Waals surface area contributed by atoms with Crippen LogP contribution in [0.15, 0.2) is 30.3 Å². The van der Waals surface area contributed by atoms with Gasteiger partial charge in [0.05, 0.1) is 6.04 Å². The molecule has 0 spiro atoms. The van der Waals surface area contributed by atoms with Crippen LogP contribution in [-0.4, -0.2) is 29.5 Å². The van der Waals surface area contributed by atoms with E-state index in [9.17, 15) is 9.59 Å². The van der Waals surface area contributed by atoms with E-state index in [0.717, 1.165) is 18.4 Å². The first-order valence-corrected chi connectivity index (χ1v) is 9.25. The topological polar surface area (TPSA) is 46.6 Å². The number of carbonyl (C=O) groups excluding carboxylic acids is 2. The molecule has 4 heteroatoms. The maximum Gasteiger partial charge on any atom is 0.416 e. The van der Waals surface area contributed by atoms with Crippen LogP contribution in [0.5, 0.6) is 0 Å². The number of ether oxygens (including phenoxy) is 1. The molecule has 1 aliphatic rings. The van der Waals surface area contributed by atoms with Crippen LogP contribution < -0.4 is 0 Å². The van der Waals surface area contributed by atoms with Crippen molar-refractivity contribution in [3.63, 3.8) is 0 Å². The highest BCUT2D eigenvalue weighted by atomic mass is 16.6. The Kier molecular flexibility index (Phi) is 7.80. The molecule has 0 aromatic heterocycles. The van der Waals surface area contributed by atoms with Crippen LogP contribution in [0.4, 0.5) is 4.79 Å². The minimum absolute atomic E-state index is 0.0908. The fourth-order valence-corrected chi connectivity index (χ4v) is 3.16. The van der Waals surface area contributed by atoms with E-state index in [1.165, 1.54) is 37.0 Å². The lowest BCUT2D eigenvalue weighted by molar-refractivity contribution is -0.129. The fraction of sp³-hybridized carbons (Fsp3) is 0.600. The molecular weight excluding hydrogens is 302 g/mol. The van der Waals surface area contributed by atoms with E-state index >= 15 is 0 Å². The van der Waals surface area contributed by atoms with Gasteiger partial charge in [-0.25, -0.2) is 9.69 Å².